The largest absolute Gasteiger partial charge is 0.382 e. The van der Waals surface area contributed by atoms with E-state index in [0.717, 1.165) is 35.7 Å². The molecule has 0 saturated heterocycles. The van der Waals surface area contributed by atoms with Crippen LogP contribution in [0.5, 0.6) is 0 Å². The van der Waals surface area contributed by atoms with Crippen molar-refractivity contribution in [1.29, 1.82) is 0 Å². The molecule has 0 aromatic carbocycles. The molecule has 5 nitrogen and oxygen atoms in total. The Kier molecular flexibility index (Phi) is 2.33. The van der Waals surface area contributed by atoms with Crippen molar-refractivity contribution in [1.82, 2.24) is 14.8 Å². The number of ether oxygens (including phenoxy) is 1. The summed E-state index contributed by atoms with van der Waals surface area (Å²) >= 11 is 0. The topological polar surface area (TPSA) is 66.0 Å². The summed E-state index contributed by atoms with van der Waals surface area (Å²) in [7, 11) is 0. The molecule has 0 radical (unpaired) electrons. The number of fused-ring (bicyclic) bond motifs is 1. The molecule has 2 N–H and O–H groups in total. The van der Waals surface area contributed by atoms with Crippen molar-refractivity contribution < 1.29 is 4.74 Å². The summed E-state index contributed by atoms with van der Waals surface area (Å²) in [4.78, 5) is 4.28. The standard InChI is InChI=1S/C12H14N4O/c1-8-10(3-2-5-14-8)16-11-4-6-17-7-9(11)12(13)15-16/h2-3,5H,4,6-7H2,1H3,(H2,13,15). The molecule has 88 valence electrons. The van der Waals surface area contributed by atoms with E-state index in [4.69, 9.17) is 10.5 Å². The summed E-state index contributed by atoms with van der Waals surface area (Å²) in [6, 6.07) is 3.91. The maximum Gasteiger partial charge on any atom is 0.151 e. The Labute approximate surface area is 99.2 Å². The number of pyridine rings is 1. The van der Waals surface area contributed by atoms with E-state index in [1.807, 2.05) is 23.7 Å². The second-order valence-corrected chi connectivity index (χ2v) is 4.13. The minimum absolute atomic E-state index is 0.556. The number of nitrogens with two attached hydrogens (primary N) is 1. The number of aromatic nitrogens is 3. The van der Waals surface area contributed by atoms with Crippen molar-refractivity contribution in [2.75, 3.05) is 12.3 Å². The van der Waals surface area contributed by atoms with Gasteiger partial charge in [0, 0.05) is 18.2 Å². The molecule has 0 aliphatic carbocycles. The van der Waals surface area contributed by atoms with Gasteiger partial charge in [0.05, 0.1) is 30.3 Å². The lowest BCUT2D eigenvalue weighted by molar-refractivity contribution is 0.110. The quantitative estimate of drug-likeness (QED) is 0.800. The van der Waals surface area contributed by atoms with E-state index in [1.54, 1.807) is 6.20 Å². The molecule has 0 saturated carbocycles. The first kappa shape index (κ1) is 10.3. The number of hydrogen-bond donors (Lipinski definition) is 1. The molecule has 3 heterocycles. The van der Waals surface area contributed by atoms with Gasteiger partial charge in [0.1, 0.15) is 0 Å². The van der Waals surface area contributed by atoms with Crippen molar-refractivity contribution in [2.24, 2.45) is 0 Å². The fourth-order valence-corrected chi connectivity index (χ4v) is 2.16. The van der Waals surface area contributed by atoms with E-state index >= 15 is 0 Å². The van der Waals surface area contributed by atoms with Crippen LogP contribution in [-0.4, -0.2) is 21.4 Å². The van der Waals surface area contributed by atoms with E-state index < -0.39 is 0 Å². The Morgan fingerprint density at radius 1 is 1.47 bits per heavy atom. The lowest BCUT2D eigenvalue weighted by Gasteiger charge is -2.15. The zero-order valence-corrected chi connectivity index (χ0v) is 9.68. The van der Waals surface area contributed by atoms with E-state index in [0.29, 0.717) is 12.4 Å². The molecular formula is C12H14N4O. The molecule has 0 amide bonds. The molecule has 17 heavy (non-hydrogen) atoms. The number of hydrogen-bond acceptors (Lipinski definition) is 4. The zero-order valence-electron chi connectivity index (χ0n) is 9.68. The molecule has 2 aromatic heterocycles. The van der Waals surface area contributed by atoms with Gasteiger partial charge >= 0.3 is 0 Å². The van der Waals surface area contributed by atoms with Gasteiger partial charge in [0.2, 0.25) is 0 Å². The Hall–Kier alpha value is -1.88. The molecule has 0 bridgehead atoms. The van der Waals surface area contributed by atoms with Crippen LogP contribution in [0.2, 0.25) is 0 Å². The zero-order chi connectivity index (χ0) is 11.8. The van der Waals surface area contributed by atoms with E-state index in [-0.39, 0.29) is 0 Å². The highest BCUT2D eigenvalue weighted by Gasteiger charge is 2.21. The van der Waals surface area contributed by atoms with Crippen LogP contribution in [0, 0.1) is 6.92 Å². The Morgan fingerprint density at radius 3 is 3.18 bits per heavy atom. The number of nitrogens with zero attached hydrogens (tertiary/aromatic N) is 3. The summed E-state index contributed by atoms with van der Waals surface area (Å²) in [6.45, 7) is 3.25. The van der Waals surface area contributed by atoms with Gasteiger partial charge in [-0.15, -0.1) is 5.10 Å². The van der Waals surface area contributed by atoms with E-state index in [2.05, 4.69) is 10.1 Å². The summed E-state index contributed by atoms with van der Waals surface area (Å²) < 4.78 is 7.31. The highest BCUT2D eigenvalue weighted by molar-refractivity contribution is 5.48. The molecule has 2 aromatic rings. The van der Waals surface area contributed by atoms with Gasteiger partial charge in [-0.05, 0) is 19.1 Å². The van der Waals surface area contributed by atoms with Gasteiger partial charge in [-0.25, -0.2) is 4.68 Å². The number of nitrogen functional groups attached to an aromatic ring is 1. The minimum Gasteiger partial charge on any atom is -0.382 e. The van der Waals surface area contributed by atoms with Crippen LogP contribution in [0.15, 0.2) is 18.3 Å². The summed E-state index contributed by atoms with van der Waals surface area (Å²) in [6.07, 6.45) is 2.62. The van der Waals surface area contributed by atoms with Crippen LogP contribution in [0.4, 0.5) is 5.82 Å². The first-order valence-electron chi connectivity index (χ1n) is 5.63. The summed E-state index contributed by atoms with van der Waals surface area (Å²) in [5, 5.41) is 4.40. The van der Waals surface area contributed by atoms with Crippen LogP contribution in [-0.2, 0) is 17.8 Å². The van der Waals surface area contributed by atoms with Gasteiger partial charge in [0.15, 0.2) is 5.82 Å². The summed E-state index contributed by atoms with van der Waals surface area (Å²) in [5.74, 6) is 0.558. The average molecular weight is 230 g/mol. The van der Waals surface area contributed by atoms with E-state index in [1.165, 1.54) is 0 Å². The lowest BCUT2D eigenvalue weighted by atomic mass is 10.1. The SMILES string of the molecule is Cc1ncccc1-n1nc(N)c2c1CCOC2. The Bertz CT molecular complexity index is 562. The highest BCUT2D eigenvalue weighted by Crippen LogP contribution is 2.25. The number of anilines is 1. The first-order chi connectivity index (χ1) is 8.27. The normalized spacial score (nSPS) is 14.6. The molecule has 0 fully saturated rings. The van der Waals surface area contributed by atoms with Crippen molar-refractivity contribution >= 4 is 5.82 Å². The maximum atomic E-state index is 5.92. The van der Waals surface area contributed by atoms with E-state index in [9.17, 15) is 0 Å². The van der Waals surface area contributed by atoms with Crippen LogP contribution < -0.4 is 5.73 Å². The predicted octanol–water partition coefficient (Wildman–Crippen LogP) is 1.23. The fraction of sp³-hybridized carbons (Fsp3) is 0.333. The Morgan fingerprint density at radius 2 is 2.35 bits per heavy atom. The summed E-state index contributed by atoms with van der Waals surface area (Å²) in [5.41, 5.74) is 10.0. The van der Waals surface area contributed by atoms with Crippen molar-refractivity contribution in [3.63, 3.8) is 0 Å². The smallest absolute Gasteiger partial charge is 0.151 e. The van der Waals surface area contributed by atoms with Crippen LogP contribution in [0.1, 0.15) is 17.0 Å². The molecule has 1 aliphatic heterocycles. The lowest BCUT2D eigenvalue weighted by Crippen LogP contribution is -2.13. The van der Waals surface area contributed by atoms with Gasteiger partial charge in [0.25, 0.3) is 0 Å². The van der Waals surface area contributed by atoms with Gasteiger partial charge in [-0.2, -0.15) is 0 Å². The van der Waals surface area contributed by atoms with Crippen molar-refractivity contribution in [3.8, 4) is 5.69 Å². The third-order valence-electron chi connectivity index (χ3n) is 3.06. The molecule has 0 atom stereocenters. The van der Waals surface area contributed by atoms with Gasteiger partial charge in [-0.1, -0.05) is 0 Å². The third kappa shape index (κ3) is 1.59. The first-order valence-corrected chi connectivity index (χ1v) is 5.63. The maximum absolute atomic E-state index is 5.92. The fourth-order valence-electron chi connectivity index (χ4n) is 2.16. The van der Waals surface area contributed by atoms with Crippen LogP contribution in [0.25, 0.3) is 5.69 Å². The highest BCUT2D eigenvalue weighted by atomic mass is 16.5. The third-order valence-corrected chi connectivity index (χ3v) is 3.06. The Balaban J connectivity index is 2.19. The molecule has 0 unspecified atom stereocenters. The van der Waals surface area contributed by atoms with Gasteiger partial charge < -0.3 is 10.5 Å². The van der Waals surface area contributed by atoms with Gasteiger partial charge in [-0.3, -0.25) is 4.98 Å². The van der Waals surface area contributed by atoms with Crippen molar-refractivity contribution in [3.05, 3.63) is 35.3 Å². The minimum atomic E-state index is 0.556. The average Bonchev–Trinajstić information content (AvgIpc) is 2.68. The van der Waals surface area contributed by atoms with Crippen molar-refractivity contribution in [2.45, 2.75) is 20.0 Å². The number of aryl methyl sites for hydroxylation is 1. The second-order valence-electron chi connectivity index (χ2n) is 4.13. The van der Waals surface area contributed by atoms with Crippen LogP contribution in [0.3, 0.4) is 0 Å². The molecule has 3 rings (SSSR count). The second kappa shape index (κ2) is 3.85. The molecule has 0 spiro atoms. The number of rotatable bonds is 1. The molecular weight excluding hydrogens is 216 g/mol. The molecule has 1 aliphatic rings. The monoisotopic (exact) mass is 230 g/mol. The van der Waals surface area contributed by atoms with Crippen LogP contribution >= 0.6 is 0 Å². The predicted molar refractivity (Wildman–Crippen MR) is 63.9 cm³/mol. The molecule has 5 heteroatoms.